The van der Waals surface area contributed by atoms with Gasteiger partial charge in [-0.15, -0.1) is 0 Å². The molecule has 110 valence electrons. The summed E-state index contributed by atoms with van der Waals surface area (Å²) in [7, 11) is 0. The Kier molecular flexibility index (Phi) is 6.45. The predicted octanol–water partition coefficient (Wildman–Crippen LogP) is 1.94. The van der Waals surface area contributed by atoms with Crippen LogP contribution in [0, 0.1) is 0 Å². The van der Waals surface area contributed by atoms with Crippen molar-refractivity contribution in [3.8, 4) is 0 Å². The molecule has 0 aliphatic carbocycles. The van der Waals surface area contributed by atoms with Crippen LogP contribution < -0.4 is 10.6 Å². The lowest BCUT2D eigenvalue weighted by Gasteiger charge is -2.14. The number of carbonyl (C=O) groups is 2. The second kappa shape index (κ2) is 7.85. The van der Waals surface area contributed by atoms with Gasteiger partial charge in [0.25, 0.3) is 5.91 Å². The van der Waals surface area contributed by atoms with Crippen LogP contribution in [-0.4, -0.2) is 29.4 Å². The molecule has 0 saturated carbocycles. The fraction of sp³-hybridized carbons (Fsp3) is 0.500. The zero-order valence-electron chi connectivity index (χ0n) is 12.0. The average Bonchev–Trinajstić information content (AvgIpc) is 2.43. The van der Waals surface area contributed by atoms with Gasteiger partial charge in [0.15, 0.2) is 0 Å². The number of hydrogen-bond acceptors (Lipinski definition) is 3. The second-order valence-electron chi connectivity index (χ2n) is 4.51. The molecule has 5 nitrogen and oxygen atoms in total. The van der Waals surface area contributed by atoms with E-state index in [1.165, 1.54) is 6.07 Å². The molecule has 0 aliphatic rings. The predicted molar refractivity (Wildman–Crippen MR) is 78.9 cm³/mol. The van der Waals surface area contributed by atoms with E-state index in [4.69, 9.17) is 11.6 Å². The second-order valence-corrected chi connectivity index (χ2v) is 4.90. The molecule has 0 bridgehead atoms. The molecule has 0 saturated heterocycles. The summed E-state index contributed by atoms with van der Waals surface area (Å²) in [5.74, 6) is -0.529. The van der Waals surface area contributed by atoms with Gasteiger partial charge >= 0.3 is 0 Å². The zero-order chi connectivity index (χ0) is 15.1. The quantitative estimate of drug-likeness (QED) is 0.788. The van der Waals surface area contributed by atoms with Crippen LogP contribution in [0.25, 0.3) is 0 Å². The Balaban J connectivity index is 2.71. The number of rotatable bonds is 6. The van der Waals surface area contributed by atoms with Gasteiger partial charge in [0, 0.05) is 17.8 Å². The molecule has 2 amide bonds. The number of aromatic nitrogens is 1. The molecule has 1 aromatic rings. The van der Waals surface area contributed by atoms with E-state index in [9.17, 15) is 9.59 Å². The van der Waals surface area contributed by atoms with E-state index in [1.54, 1.807) is 13.0 Å². The van der Waals surface area contributed by atoms with Crippen LogP contribution in [0.15, 0.2) is 12.1 Å². The van der Waals surface area contributed by atoms with Gasteiger partial charge in [-0.3, -0.25) is 9.59 Å². The van der Waals surface area contributed by atoms with Gasteiger partial charge < -0.3 is 10.6 Å². The van der Waals surface area contributed by atoms with Crippen molar-refractivity contribution in [2.75, 3.05) is 6.54 Å². The van der Waals surface area contributed by atoms with Crippen LogP contribution in [0.5, 0.6) is 0 Å². The molecular formula is C14H20ClN3O2. The molecule has 0 aromatic carbocycles. The summed E-state index contributed by atoms with van der Waals surface area (Å²) in [4.78, 5) is 27.9. The topological polar surface area (TPSA) is 71.1 Å². The van der Waals surface area contributed by atoms with E-state index in [-0.39, 0.29) is 17.0 Å². The molecule has 0 radical (unpaired) electrons. The Hall–Kier alpha value is -1.62. The van der Waals surface area contributed by atoms with Crippen molar-refractivity contribution in [3.63, 3.8) is 0 Å². The van der Waals surface area contributed by atoms with E-state index in [0.717, 1.165) is 12.1 Å². The number of nitrogens with zero attached hydrogens (tertiary/aromatic N) is 1. The molecule has 1 rings (SSSR count). The molecular weight excluding hydrogens is 278 g/mol. The van der Waals surface area contributed by atoms with E-state index >= 15 is 0 Å². The Morgan fingerprint density at radius 1 is 1.35 bits per heavy atom. The summed E-state index contributed by atoms with van der Waals surface area (Å²) in [6.45, 7) is 6.14. The SMILES string of the molecule is CCCNC(=O)C(C)NC(=O)c1cc(Cl)nc(CC)c1. The fourth-order valence-electron chi connectivity index (χ4n) is 1.61. The third kappa shape index (κ3) is 4.81. The molecule has 0 spiro atoms. The molecule has 0 fully saturated rings. The van der Waals surface area contributed by atoms with Crippen LogP contribution in [0.3, 0.4) is 0 Å². The van der Waals surface area contributed by atoms with E-state index in [1.807, 2.05) is 13.8 Å². The highest BCUT2D eigenvalue weighted by molar-refractivity contribution is 6.29. The summed E-state index contributed by atoms with van der Waals surface area (Å²) >= 11 is 5.87. The van der Waals surface area contributed by atoms with Crippen LogP contribution in [-0.2, 0) is 11.2 Å². The summed E-state index contributed by atoms with van der Waals surface area (Å²) < 4.78 is 0. The van der Waals surface area contributed by atoms with Crippen molar-refractivity contribution in [1.29, 1.82) is 0 Å². The summed E-state index contributed by atoms with van der Waals surface area (Å²) in [5, 5.41) is 5.65. The summed E-state index contributed by atoms with van der Waals surface area (Å²) in [6, 6.07) is 2.58. The molecule has 1 atom stereocenters. The number of carbonyl (C=O) groups excluding carboxylic acids is 2. The molecule has 6 heteroatoms. The van der Waals surface area contributed by atoms with Crippen LogP contribution >= 0.6 is 11.6 Å². The van der Waals surface area contributed by atoms with Gasteiger partial charge in [0.05, 0.1) is 0 Å². The monoisotopic (exact) mass is 297 g/mol. The lowest BCUT2D eigenvalue weighted by Crippen LogP contribution is -2.45. The van der Waals surface area contributed by atoms with Gasteiger partial charge in [-0.05, 0) is 31.9 Å². The Morgan fingerprint density at radius 2 is 2.05 bits per heavy atom. The first-order chi connectivity index (χ1) is 9.47. The minimum Gasteiger partial charge on any atom is -0.354 e. The number of aryl methyl sites for hydroxylation is 1. The molecule has 20 heavy (non-hydrogen) atoms. The number of hydrogen-bond donors (Lipinski definition) is 2. The lowest BCUT2D eigenvalue weighted by atomic mass is 10.2. The lowest BCUT2D eigenvalue weighted by molar-refractivity contribution is -0.122. The minimum atomic E-state index is -0.592. The summed E-state index contributed by atoms with van der Waals surface area (Å²) in [6.07, 6.45) is 1.54. The molecule has 1 aromatic heterocycles. The van der Waals surface area contributed by atoms with Gasteiger partial charge in [0.1, 0.15) is 11.2 Å². The highest BCUT2D eigenvalue weighted by Crippen LogP contribution is 2.11. The number of halogens is 1. The van der Waals surface area contributed by atoms with Crippen molar-refractivity contribution >= 4 is 23.4 Å². The highest BCUT2D eigenvalue weighted by atomic mass is 35.5. The first-order valence-corrected chi connectivity index (χ1v) is 7.10. The maximum atomic E-state index is 12.1. The van der Waals surface area contributed by atoms with Crippen molar-refractivity contribution in [3.05, 3.63) is 28.5 Å². The normalized spacial score (nSPS) is 11.8. The Labute approximate surface area is 124 Å². The third-order valence-corrected chi connectivity index (χ3v) is 2.96. The van der Waals surface area contributed by atoms with Crippen LogP contribution in [0.4, 0.5) is 0 Å². The summed E-state index contributed by atoms with van der Waals surface area (Å²) in [5.41, 5.74) is 1.16. The molecule has 1 heterocycles. The van der Waals surface area contributed by atoms with Gasteiger partial charge in [-0.25, -0.2) is 4.98 Å². The Bertz CT molecular complexity index is 491. The third-order valence-electron chi connectivity index (χ3n) is 2.76. The minimum absolute atomic E-state index is 0.198. The molecule has 1 unspecified atom stereocenters. The Morgan fingerprint density at radius 3 is 2.65 bits per heavy atom. The average molecular weight is 298 g/mol. The van der Waals surface area contributed by atoms with E-state index in [2.05, 4.69) is 15.6 Å². The maximum Gasteiger partial charge on any atom is 0.252 e. The number of amides is 2. The number of pyridine rings is 1. The molecule has 0 aliphatic heterocycles. The first-order valence-electron chi connectivity index (χ1n) is 6.73. The molecule has 2 N–H and O–H groups in total. The maximum absolute atomic E-state index is 12.1. The zero-order valence-corrected chi connectivity index (χ0v) is 12.8. The van der Waals surface area contributed by atoms with E-state index < -0.39 is 6.04 Å². The smallest absolute Gasteiger partial charge is 0.252 e. The van der Waals surface area contributed by atoms with Crippen molar-refractivity contribution < 1.29 is 9.59 Å². The van der Waals surface area contributed by atoms with Gasteiger partial charge in [-0.2, -0.15) is 0 Å². The first kappa shape index (κ1) is 16.4. The standard InChI is InChI=1S/C14H20ClN3O2/c1-4-6-16-13(19)9(3)17-14(20)10-7-11(5-2)18-12(15)8-10/h7-9H,4-6H2,1-3H3,(H,16,19)(H,17,20). The van der Waals surface area contributed by atoms with Crippen LogP contribution in [0.1, 0.15) is 43.2 Å². The largest absolute Gasteiger partial charge is 0.354 e. The van der Waals surface area contributed by atoms with E-state index in [0.29, 0.717) is 18.5 Å². The fourth-order valence-corrected chi connectivity index (χ4v) is 1.84. The van der Waals surface area contributed by atoms with Gasteiger partial charge in [-0.1, -0.05) is 25.4 Å². The van der Waals surface area contributed by atoms with Crippen molar-refractivity contribution in [2.24, 2.45) is 0 Å². The highest BCUT2D eigenvalue weighted by Gasteiger charge is 2.16. The van der Waals surface area contributed by atoms with Gasteiger partial charge in [0.2, 0.25) is 5.91 Å². The van der Waals surface area contributed by atoms with Crippen molar-refractivity contribution in [1.82, 2.24) is 15.6 Å². The van der Waals surface area contributed by atoms with Crippen molar-refractivity contribution in [2.45, 2.75) is 39.7 Å². The number of nitrogens with one attached hydrogen (secondary N) is 2. The van der Waals surface area contributed by atoms with Crippen LogP contribution in [0.2, 0.25) is 5.15 Å².